The van der Waals surface area contributed by atoms with Crippen LogP contribution in [0.5, 0.6) is 0 Å². The molecular formula is C70H68BN3. The summed E-state index contributed by atoms with van der Waals surface area (Å²) in [4.78, 5) is 5.15. The maximum atomic E-state index is 2.57. The van der Waals surface area contributed by atoms with Gasteiger partial charge in [-0.2, -0.15) is 0 Å². The first-order valence-corrected chi connectivity index (χ1v) is 26.7. The molecule has 0 bridgehead atoms. The van der Waals surface area contributed by atoms with E-state index in [1.807, 2.05) is 0 Å². The van der Waals surface area contributed by atoms with Gasteiger partial charge in [0.15, 0.2) is 0 Å². The number of hydrogen-bond donors (Lipinski definition) is 0. The molecule has 0 fully saturated rings. The molecule has 2 aliphatic rings. The van der Waals surface area contributed by atoms with E-state index in [0.717, 1.165) is 17.1 Å². The van der Waals surface area contributed by atoms with Crippen molar-refractivity contribution in [1.82, 2.24) is 4.57 Å². The third kappa shape index (κ3) is 7.97. The Morgan fingerprint density at radius 3 is 1.03 bits per heavy atom. The van der Waals surface area contributed by atoms with E-state index in [2.05, 4.69) is 292 Å². The van der Waals surface area contributed by atoms with Gasteiger partial charge in [-0.15, -0.1) is 0 Å². The van der Waals surface area contributed by atoms with Gasteiger partial charge in [-0.1, -0.05) is 204 Å². The summed E-state index contributed by atoms with van der Waals surface area (Å²) < 4.78 is 2.55. The Bertz CT molecular complexity index is 3550. The van der Waals surface area contributed by atoms with Crippen LogP contribution in [0.3, 0.4) is 0 Å². The Hall–Kier alpha value is -7.56. The number of anilines is 6. The molecule has 0 saturated heterocycles. The highest BCUT2D eigenvalue weighted by atomic mass is 15.2. The van der Waals surface area contributed by atoms with Crippen molar-refractivity contribution in [3.63, 3.8) is 0 Å². The minimum Gasteiger partial charge on any atom is -0.311 e. The first-order chi connectivity index (χ1) is 35.2. The van der Waals surface area contributed by atoms with E-state index in [1.54, 1.807) is 0 Å². The molecule has 0 aliphatic carbocycles. The van der Waals surface area contributed by atoms with Gasteiger partial charge in [-0.05, 0) is 155 Å². The number of nitrogens with zero attached hydrogens (tertiary/aromatic N) is 3. The Morgan fingerprint density at radius 2 is 0.662 bits per heavy atom. The molecule has 0 amide bonds. The molecule has 0 spiro atoms. The summed E-state index contributed by atoms with van der Waals surface area (Å²) in [6.07, 6.45) is 0. The molecule has 9 aromatic carbocycles. The van der Waals surface area contributed by atoms with Crippen molar-refractivity contribution < 1.29 is 0 Å². The molecule has 0 atom stereocenters. The monoisotopic (exact) mass is 962 g/mol. The predicted octanol–water partition coefficient (Wildman–Crippen LogP) is 17.4. The SMILES string of the molecule is CC(C)(C)c1ccc(N2c3ccc(-c4ccccc4)cc3B3c4cc(-c5ccccc5)ccc4N(c4ccc(C(C)(C)C)cc4)c4cc(-n5c6ccc(C(C)(C)C)cc6c6cc(C(C)(C)C)ccc65)cc2c43)cc1. The quantitative estimate of drug-likeness (QED) is 0.159. The Labute approximate surface area is 440 Å². The number of hydrogen-bond acceptors (Lipinski definition) is 2. The Kier molecular flexibility index (Phi) is 10.9. The summed E-state index contributed by atoms with van der Waals surface area (Å²) in [5.41, 5.74) is 24.6. The Morgan fingerprint density at radius 1 is 0.297 bits per heavy atom. The summed E-state index contributed by atoms with van der Waals surface area (Å²) in [5.74, 6) is 0. The van der Waals surface area contributed by atoms with Gasteiger partial charge in [0.2, 0.25) is 0 Å². The largest absolute Gasteiger partial charge is 0.311 e. The molecule has 2 aliphatic heterocycles. The van der Waals surface area contributed by atoms with E-state index in [0.29, 0.717) is 0 Å². The van der Waals surface area contributed by atoms with Crippen molar-refractivity contribution in [3.05, 3.63) is 216 Å². The van der Waals surface area contributed by atoms with Gasteiger partial charge >= 0.3 is 0 Å². The van der Waals surface area contributed by atoms with Gasteiger partial charge in [0, 0.05) is 44.9 Å². The van der Waals surface area contributed by atoms with Crippen molar-refractivity contribution in [2.45, 2.75) is 105 Å². The Balaban J connectivity index is 1.22. The molecule has 3 heterocycles. The number of benzene rings is 9. The third-order valence-electron chi connectivity index (χ3n) is 16.0. The summed E-state index contributed by atoms with van der Waals surface area (Å²) >= 11 is 0. The molecule has 366 valence electrons. The van der Waals surface area contributed by atoms with Crippen molar-refractivity contribution in [1.29, 1.82) is 0 Å². The molecule has 4 heteroatoms. The molecule has 12 rings (SSSR count). The van der Waals surface area contributed by atoms with Gasteiger partial charge in [0.25, 0.3) is 6.71 Å². The molecule has 0 N–H and O–H groups in total. The number of aromatic nitrogens is 1. The van der Waals surface area contributed by atoms with Crippen LogP contribution in [0.4, 0.5) is 34.1 Å². The van der Waals surface area contributed by atoms with Crippen LogP contribution in [-0.2, 0) is 21.7 Å². The second kappa shape index (κ2) is 17.0. The molecule has 0 saturated carbocycles. The molecular weight excluding hydrogens is 894 g/mol. The van der Waals surface area contributed by atoms with E-state index >= 15 is 0 Å². The second-order valence-electron chi connectivity index (χ2n) is 25.2. The molecule has 0 radical (unpaired) electrons. The van der Waals surface area contributed by atoms with Gasteiger partial charge in [0.05, 0.1) is 16.7 Å². The van der Waals surface area contributed by atoms with E-state index in [9.17, 15) is 0 Å². The van der Waals surface area contributed by atoms with Crippen LogP contribution in [0.1, 0.15) is 105 Å². The van der Waals surface area contributed by atoms with E-state index in [1.165, 1.54) is 105 Å². The first kappa shape index (κ1) is 47.4. The standard InChI is InChI=1S/C70H68BN3/c1-67(2,3)49-25-31-53(32-26-49)72-62-35-23-47(45-19-15-13-16-20-45)39-58(62)71-59-40-48(46-21-17-14-18-22-46)24-36-63(59)73(54-33-27-50(28-34-54)68(4,5)6)65-44-55(43-64(72)66(65)71)74-60-37-29-51(69(7,8)9)41-56(60)57-42-52(70(10,11)12)30-38-61(57)74/h13-44H,1-12H3. The highest BCUT2D eigenvalue weighted by Gasteiger charge is 2.44. The fourth-order valence-corrected chi connectivity index (χ4v) is 11.8. The van der Waals surface area contributed by atoms with E-state index in [-0.39, 0.29) is 28.4 Å². The maximum absolute atomic E-state index is 2.57. The molecule has 0 unspecified atom stereocenters. The van der Waals surface area contributed by atoms with Crippen molar-refractivity contribution in [2.24, 2.45) is 0 Å². The smallest absolute Gasteiger partial charge is 0.252 e. The third-order valence-corrected chi connectivity index (χ3v) is 16.0. The minimum absolute atomic E-state index is 0.00650. The van der Waals surface area contributed by atoms with Gasteiger partial charge in [0.1, 0.15) is 0 Å². The fourth-order valence-electron chi connectivity index (χ4n) is 11.8. The van der Waals surface area contributed by atoms with E-state index < -0.39 is 0 Å². The van der Waals surface area contributed by atoms with Crippen LogP contribution in [0, 0.1) is 0 Å². The molecule has 10 aromatic rings. The zero-order valence-electron chi connectivity index (χ0n) is 45.4. The average Bonchev–Trinajstić information content (AvgIpc) is 3.81. The zero-order valence-corrected chi connectivity index (χ0v) is 45.4. The van der Waals surface area contributed by atoms with Crippen LogP contribution in [-0.4, -0.2) is 11.3 Å². The topological polar surface area (TPSA) is 11.4 Å². The number of rotatable bonds is 5. The lowest BCUT2D eigenvalue weighted by Crippen LogP contribution is -2.61. The lowest BCUT2D eigenvalue weighted by atomic mass is 9.33. The zero-order chi connectivity index (χ0) is 51.6. The van der Waals surface area contributed by atoms with Crippen LogP contribution >= 0.6 is 0 Å². The van der Waals surface area contributed by atoms with Crippen LogP contribution in [0.25, 0.3) is 49.7 Å². The second-order valence-corrected chi connectivity index (χ2v) is 25.2. The summed E-state index contributed by atoms with van der Waals surface area (Å²) in [5, 5.41) is 2.56. The van der Waals surface area contributed by atoms with Crippen LogP contribution < -0.4 is 26.2 Å². The highest BCUT2D eigenvalue weighted by molar-refractivity contribution is 7.00. The number of fused-ring (bicyclic) bond motifs is 7. The summed E-state index contributed by atoms with van der Waals surface area (Å²) in [6.45, 7) is 27.7. The van der Waals surface area contributed by atoms with E-state index in [4.69, 9.17) is 0 Å². The summed E-state index contributed by atoms with van der Waals surface area (Å²) in [6, 6.07) is 74.4. The summed E-state index contributed by atoms with van der Waals surface area (Å²) in [7, 11) is 0. The molecule has 74 heavy (non-hydrogen) atoms. The molecule has 3 nitrogen and oxygen atoms in total. The lowest BCUT2D eigenvalue weighted by Gasteiger charge is -2.45. The predicted molar refractivity (Wildman–Crippen MR) is 320 cm³/mol. The van der Waals surface area contributed by atoms with Crippen LogP contribution in [0.2, 0.25) is 0 Å². The normalized spacial score (nSPS) is 13.6. The van der Waals surface area contributed by atoms with Crippen molar-refractivity contribution in [3.8, 4) is 27.9 Å². The van der Waals surface area contributed by atoms with Crippen LogP contribution in [0.15, 0.2) is 194 Å². The maximum Gasteiger partial charge on any atom is 0.252 e. The first-order valence-electron chi connectivity index (χ1n) is 26.7. The van der Waals surface area contributed by atoms with Gasteiger partial charge in [-0.25, -0.2) is 0 Å². The lowest BCUT2D eigenvalue weighted by molar-refractivity contribution is 0.590. The van der Waals surface area contributed by atoms with Crippen molar-refractivity contribution >= 4 is 79.0 Å². The average molecular weight is 962 g/mol. The van der Waals surface area contributed by atoms with Gasteiger partial charge < -0.3 is 14.4 Å². The van der Waals surface area contributed by atoms with Gasteiger partial charge in [-0.3, -0.25) is 0 Å². The molecule has 1 aromatic heterocycles. The van der Waals surface area contributed by atoms with Crippen molar-refractivity contribution in [2.75, 3.05) is 9.80 Å². The minimum atomic E-state index is -0.0802. The highest BCUT2D eigenvalue weighted by Crippen LogP contribution is 2.48. The fraction of sp³-hybridized carbons (Fsp3) is 0.229.